The van der Waals surface area contributed by atoms with Crippen molar-refractivity contribution < 1.29 is 42.9 Å². The third-order valence-electron chi connectivity index (χ3n) is 2.58. The van der Waals surface area contributed by atoms with Crippen LogP contribution in [0.1, 0.15) is 27.1 Å². The highest BCUT2D eigenvalue weighted by molar-refractivity contribution is 5.93. The summed E-state index contributed by atoms with van der Waals surface area (Å²) in [5, 5.41) is 0. The zero-order valence-electron chi connectivity index (χ0n) is 13.1. The third kappa shape index (κ3) is 6.44. The fraction of sp³-hybridized carbons (Fsp3) is 0.333. The zero-order chi connectivity index (χ0) is 17.9. The van der Waals surface area contributed by atoms with E-state index in [1.54, 1.807) is 0 Å². The number of benzene rings is 1. The molecule has 0 atom stereocenters. The SMILES string of the molecule is COCOC(=O)CC(=O)OCOC(=O)c1ccc(C(=O)OC)cc1. The monoisotopic (exact) mass is 340 g/mol. The van der Waals surface area contributed by atoms with E-state index >= 15 is 0 Å². The lowest BCUT2D eigenvalue weighted by Crippen LogP contribution is -2.17. The van der Waals surface area contributed by atoms with Crippen LogP contribution in [-0.2, 0) is 33.3 Å². The van der Waals surface area contributed by atoms with Crippen molar-refractivity contribution in [3.63, 3.8) is 0 Å². The summed E-state index contributed by atoms with van der Waals surface area (Å²) < 4.78 is 22.8. The molecule has 9 heteroatoms. The Hall–Kier alpha value is -2.94. The highest BCUT2D eigenvalue weighted by Crippen LogP contribution is 2.07. The van der Waals surface area contributed by atoms with Gasteiger partial charge in [0, 0.05) is 7.11 Å². The van der Waals surface area contributed by atoms with Gasteiger partial charge in [-0.25, -0.2) is 9.59 Å². The summed E-state index contributed by atoms with van der Waals surface area (Å²) in [6.45, 7) is -0.934. The van der Waals surface area contributed by atoms with Crippen LogP contribution in [0.5, 0.6) is 0 Å². The molecule has 0 heterocycles. The van der Waals surface area contributed by atoms with E-state index in [-0.39, 0.29) is 17.9 Å². The van der Waals surface area contributed by atoms with Crippen LogP contribution in [0.25, 0.3) is 0 Å². The molecule has 1 aromatic rings. The predicted molar refractivity (Wildman–Crippen MR) is 76.7 cm³/mol. The van der Waals surface area contributed by atoms with Crippen LogP contribution in [-0.4, -0.2) is 51.7 Å². The first-order valence-corrected chi connectivity index (χ1v) is 6.63. The van der Waals surface area contributed by atoms with Crippen molar-refractivity contribution in [1.82, 2.24) is 0 Å². The molecule has 0 radical (unpaired) electrons. The molecule has 0 aromatic heterocycles. The maximum atomic E-state index is 11.7. The minimum Gasteiger partial charge on any atom is -0.465 e. The summed E-state index contributed by atoms with van der Waals surface area (Å²) >= 11 is 0. The van der Waals surface area contributed by atoms with Gasteiger partial charge in [-0.05, 0) is 24.3 Å². The quantitative estimate of drug-likeness (QED) is 0.291. The first-order chi connectivity index (χ1) is 11.5. The molecule has 0 bridgehead atoms. The number of carbonyl (C=O) groups is 4. The second-order valence-corrected chi connectivity index (χ2v) is 4.23. The van der Waals surface area contributed by atoms with E-state index in [1.807, 2.05) is 0 Å². The molecule has 0 saturated carbocycles. The van der Waals surface area contributed by atoms with Gasteiger partial charge in [0.05, 0.1) is 18.2 Å². The van der Waals surface area contributed by atoms with Gasteiger partial charge in [0.25, 0.3) is 0 Å². The second-order valence-electron chi connectivity index (χ2n) is 4.23. The maximum absolute atomic E-state index is 11.7. The first kappa shape index (κ1) is 19.1. The van der Waals surface area contributed by atoms with Gasteiger partial charge in [-0.3, -0.25) is 9.59 Å². The van der Waals surface area contributed by atoms with Gasteiger partial charge in [-0.15, -0.1) is 0 Å². The number of hydrogen-bond acceptors (Lipinski definition) is 9. The molecule has 24 heavy (non-hydrogen) atoms. The number of esters is 4. The molecule has 1 aromatic carbocycles. The van der Waals surface area contributed by atoms with E-state index in [0.717, 1.165) is 0 Å². The Morgan fingerprint density at radius 2 is 1.25 bits per heavy atom. The normalized spacial score (nSPS) is 9.75. The highest BCUT2D eigenvalue weighted by Gasteiger charge is 2.14. The first-order valence-electron chi connectivity index (χ1n) is 6.63. The van der Waals surface area contributed by atoms with Crippen LogP contribution >= 0.6 is 0 Å². The lowest BCUT2D eigenvalue weighted by atomic mass is 10.1. The van der Waals surface area contributed by atoms with Crippen LogP contribution < -0.4 is 0 Å². The Kier molecular flexibility index (Phi) is 7.92. The molecule has 130 valence electrons. The molecule has 0 fully saturated rings. The Morgan fingerprint density at radius 1 is 0.750 bits per heavy atom. The van der Waals surface area contributed by atoms with Gasteiger partial charge in [0.1, 0.15) is 6.42 Å². The number of hydrogen-bond donors (Lipinski definition) is 0. The molecule has 0 spiro atoms. The number of carbonyl (C=O) groups excluding carboxylic acids is 4. The smallest absolute Gasteiger partial charge is 0.340 e. The van der Waals surface area contributed by atoms with Gasteiger partial charge < -0.3 is 23.7 Å². The van der Waals surface area contributed by atoms with Crippen LogP contribution in [0.15, 0.2) is 24.3 Å². The maximum Gasteiger partial charge on any atom is 0.340 e. The minimum absolute atomic E-state index is 0.151. The zero-order valence-corrected chi connectivity index (χ0v) is 13.1. The summed E-state index contributed by atoms with van der Waals surface area (Å²) in [6, 6.07) is 5.50. The van der Waals surface area contributed by atoms with Gasteiger partial charge >= 0.3 is 23.9 Å². The molecule has 0 aliphatic heterocycles. The van der Waals surface area contributed by atoms with Crippen molar-refractivity contribution in [2.75, 3.05) is 27.8 Å². The van der Waals surface area contributed by atoms with Crippen molar-refractivity contribution in [2.45, 2.75) is 6.42 Å². The average molecular weight is 340 g/mol. The van der Waals surface area contributed by atoms with Gasteiger partial charge in [-0.1, -0.05) is 0 Å². The molecular formula is C15H16O9. The molecule has 0 N–H and O–H groups in total. The lowest BCUT2D eigenvalue weighted by molar-refractivity contribution is -0.164. The standard InChI is InChI=1S/C15H16O9/c1-20-8-22-12(16)7-13(17)23-9-24-15(19)11-5-3-10(4-6-11)14(18)21-2/h3-6H,7-9H2,1-2H3. The minimum atomic E-state index is -0.912. The number of rotatable bonds is 8. The Labute approximate surface area is 137 Å². The fourth-order valence-electron chi connectivity index (χ4n) is 1.44. The van der Waals surface area contributed by atoms with E-state index in [4.69, 9.17) is 4.74 Å². The van der Waals surface area contributed by atoms with Crippen molar-refractivity contribution >= 4 is 23.9 Å². The Balaban J connectivity index is 2.37. The van der Waals surface area contributed by atoms with E-state index in [2.05, 4.69) is 18.9 Å². The van der Waals surface area contributed by atoms with E-state index < -0.39 is 37.1 Å². The van der Waals surface area contributed by atoms with Crippen molar-refractivity contribution in [2.24, 2.45) is 0 Å². The van der Waals surface area contributed by atoms with Crippen molar-refractivity contribution in [1.29, 1.82) is 0 Å². The highest BCUT2D eigenvalue weighted by atomic mass is 16.7. The average Bonchev–Trinajstić information content (AvgIpc) is 2.59. The van der Waals surface area contributed by atoms with E-state index in [1.165, 1.54) is 38.5 Å². The third-order valence-corrected chi connectivity index (χ3v) is 2.58. The van der Waals surface area contributed by atoms with E-state index in [9.17, 15) is 19.2 Å². The van der Waals surface area contributed by atoms with Crippen LogP contribution in [0.3, 0.4) is 0 Å². The molecule has 0 amide bonds. The summed E-state index contributed by atoms with van der Waals surface area (Å²) in [5.74, 6) is -3.04. The van der Waals surface area contributed by atoms with Gasteiger partial charge in [-0.2, -0.15) is 0 Å². The molecule has 1 rings (SSSR count). The van der Waals surface area contributed by atoms with Crippen LogP contribution in [0.4, 0.5) is 0 Å². The summed E-state index contributed by atoms with van der Waals surface area (Å²) in [6.07, 6.45) is -0.630. The van der Waals surface area contributed by atoms with E-state index in [0.29, 0.717) is 0 Å². The molecule has 0 aliphatic rings. The molecule has 0 aliphatic carbocycles. The molecular weight excluding hydrogens is 324 g/mol. The molecule has 0 saturated heterocycles. The summed E-state index contributed by atoms with van der Waals surface area (Å²) in [7, 11) is 2.56. The molecule has 9 nitrogen and oxygen atoms in total. The number of methoxy groups -OCH3 is 2. The van der Waals surface area contributed by atoms with Gasteiger partial charge in [0.2, 0.25) is 6.79 Å². The van der Waals surface area contributed by atoms with Crippen molar-refractivity contribution in [3.8, 4) is 0 Å². The Bertz CT molecular complexity index is 591. The van der Waals surface area contributed by atoms with Crippen molar-refractivity contribution in [3.05, 3.63) is 35.4 Å². The molecule has 0 unspecified atom stereocenters. The van der Waals surface area contributed by atoms with Gasteiger partial charge in [0.15, 0.2) is 6.79 Å². The Morgan fingerprint density at radius 3 is 1.75 bits per heavy atom. The van der Waals surface area contributed by atoms with Crippen LogP contribution in [0, 0.1) is 0 Å². The number of ether oxygens (including phenoxy) is 5. The second kappa shape index (κ2) is 9.95. The largest absolute Gasteiger partial charge is 0.465 e. The topological polar surface area (TPSA) is 114 Å². The fourth-order valence-corrected chi connectivity index (χ4v) is 1.44. The summed E-state index contributed by atoms with van der Waals surface area (Å²) in [5.41, 5.74) is 0.424. The lowest BCUT2D eigenvalue weighted by Gasteiger charge is -2.07. The van der Waals surface area contributed by atoms with Crippen LogP contribution in [0.2, 0.25) is 0 Å². The predicted octanol–water partition coefficient (Wildman–Crippen LogP) is 0.668. The summed E-state index contributed by atoms with van der Waals surface area (Å²) in [4.78, 5) is 45.3.